The third-order valence-electron chi connectivity index (χ3n) is 3.05. The highest BCUT2D eigenvalue weighted by Gasteiger charge is 2.39. The van der Waals surface area contributed by atoms with Crippen LogP contribution < -0.4 is 5.73 Å². The molecule has 3 N–H and O–H groups in total. The maximum atomic E-state index is 13.1. The van der Waals surface area contributed by atoms with Crippen LogP contribution >= 0.6 is 0 Å². The van der Waals surface area contributed by atoms with Crippen LogP contribution in [0.2, 0.25) is 0 Å². The van der Waals surface area contributed by atoms with Crippen LogP contribution in [-0.4, -0.2) is 11.7 Å². The Hall–Kier alpha value is -1.85. The molecule has 0 unspecified atom stereocenters. The van der Waals surface area contributed by atoms with Crippen molar-refractivity contribution in [1.82, 2.24) is 0 Å². The van der Waals surface area contributed by atoms with E-state index in [9.17, 15) is 13.2 Å². The van der Waals surface area contributed by atoms with Gasteiger partial charge >= 0.3 is 6.18 Å². The van der Waals surface area contributed by atoms with Crippen LogP contribution in [0.4, 0.5) is 13.2 Å². The van der Waals surface area contributed by atoms with Crippen molar-refractivity contribution < 1.29 is 13.2 Å². The summed E-state index contributed by atoms with van der Waals surface area (Å²) in [6, 6.07) is 2.66. The Morgan fingerprint density at radius 1 is 1.16 bits per heavy atom. The van der Waals surface area contributed by atoms with E-state index in [0.717, 1.165) is 6.07 Å². The fourth-order valence-corrected chi connectivity index (χ4v) is 2.00. The van der Waals surface area contributed by atoms with Gasteiger partial charge in [0.15, 0.2) is 5.84 Å². The molecule has 1 aliphatic rings. The SMILES string of the molecule is CC(C)(C)c1cc2c(c(C(F)(F)F)c1)C(N)=NC2=N. The molecule has 2 rings (SSSR count). The van der Waals surface area contributed by atoms with Gasteiger partial charge in [-0.3, -0.25) is 5.41 Å². The first-order valence-corrected chi connectivity index (χ1v) is 5.71. The van der Waals surface area contributed by atoms with E-state index in [4.69, 9.17) is 11.1 Å². The number of aliphatic imine (C=N–C) groups is 1. The summed E-state index contributed by atoms with van der Waals surface area (Å²) in [4.78, 5) is 3.63. The molecule has 1 aliphatic heterocycles. The fraction of sp³-hybridized carbons (Fsp3) is 0.385. The Morgan fingerprint density at radius 2 is 1.74 bits per heavy atom. The molecule has 1 aromatic rings. The Labute approximate surface area is 108 Å². The molecular formula is C13H14F3N3. The van der Waals surface area contributed by atoms with Crippen LogP contribution in [0.25, 0.3) is 0 Å². The van der Waals surface area contributed by atoms with Gasteiger partial charge in [0.25, 0.3) is 0 Å². The van der Waals surface area contributed by atoms with Crippen molar-refractivity contribution in [2.45, 2.75) is 32.4 Å². The van der Waals surface area contributed by atoms with E-state index in [-0.39, 0.29) is 22.8 Å². The number of benzene rings is 1. The standard InChI is InChI=1S/C13H14F3N3/c1-12(2,3)6-4-7-9(11(18)19-10(7)17)8(5-6)13(14,15)16/h4-5H,1-3H3,(H3,17,18,19). The maximum Gasteiger partial charge on any atom is 0.417 e. The fourth-order valence-electron chi connectivity index (χ4n) is 2.00. The summed E-state index contributed by atoms with van der Waals surface area (Å²) in [6.45, 7) is 5.45. The molecular weight excluding hydrogens is 255 g/mol. The van der Waals surface area contributed by atoms with E-state index in [0.29, 0.717) is 5.56 Å². The lowest BCUT2D eigenvalue weighted by Gasteiger charge is -2.22. The first kappa shape index (κ1) is 13.6. The number of nitrogens with one attached hydrogen (secondary N) is 1. The molecule has 0 spiro atoms. The van der Waals surface area contributed by atoms with Crippen molar-refractivity contribution in [3.63, 3.8) is 0 Å². The van der Waals surface area contributed by atoms with Gasteiger partial charge in [0.2, 0.25) is 0 Å². The number of nitrogens with two attached hydrogens (primary N) is 1. The molecule has 1 aromatic carbocycles. The summed E-state index contributed by atoms with van der Waals surface area (Å²) < 4.78 is 39.4. The Kier molecular flexibility index (Phi) is 2.73. The van der Waals surface area contributed by atoms with Gasteiger partial charge in [-0.1, -0.05) is 20.8 Å². The Morgan fingerprint density at radius 3 is 2.21 bits per heavy atom. The second-order valence-corrected chi connectivity index (χ2v) is 5.54. The van der Waals surface area contributed by atoms with Crippen LogP contribution in [0.15, 0.2) is 17.1 Å². The first-order valence-electron chi connectivity index (χ1n) is 5.71. The van der Waals surface area contributed by atoms with E-state index >= 15 is 0 Å². The molecule has 3 nitrogen and oxygen atoms in total. The zero-order chi connectivity index (χ0) is 14.6. The Bertz CT molecular complexity index is 592. The molecule has 19 heavy (non-hydrogen) atoms. The summed E-state index contributed by atoms with van der Waals surface area (Å²) in [6.07, 6.45) is -4.52. The summed E-state index contributed by atoms with van der Waals surface area (Å²) >= 11 is 0. The van der Waals surface area contributed by atoms with Gasteiger partial charge in [0, 0.05) is 11.1 Å². The third-order valence-corrected chi connectivity index (χ3v) is 3.05. The smallest absolute Gasteiger partial charge is 0.383 e. The van der Waals surface area contributed by atoms with Crippen molar-refractivity contribution in [2.24, 2.45) is 10.7 Å². The van der Waals surface area contributed by atoms with Gasteiger partial charge in [0.1, 0.15) is 5.84 Å². The molecule has 0 radical (unpaired) electrons. The van der Waals surface area contributed by atoms with Gasteiger partial charge in [-0.25, -0.2) is 4.99 Å². The molecule has 0 bridgehead atoms. The zero-order valence-corrected chi connectivity index (χ0v) is 10.8. The molecule has 0 saturated carbocycles. The molecule has 0 aromatic heterocycles. The number of halogens is 3. The van der Waals surface area contributed by atoms with Gasteiger partial charge < -0.3 is 5.73 Å². The van der Waals surface area contributed by atoms with E-state index < -0.39 is 17.2 Å². The second kappa shape index (κ2) is 3.82. The van der Waals surface area contributed by atoms with E-state index in [2.05, 4.69) is 4.99 Å². The van der Waals surface area contributed by atoms with E-state index in [1.165, 1.54) is 0 Å². The third kappa shape index (κ3) is 2.22. The summed E-state index contributed by atoms with van der Waals surface area (Å²) in [5, 5.41) is 7.63. The van der Waals surface area contributed by atoms with E-state index in [1.54, 1.807) is 6.07 Å². The van der Waals surface area contributed by atoms with Crippen molar-refractivity contribution >= 4 is 11.7 Å². The predicted octanol–water partition coefficient (Wildman–Crippen LogP) is 3.05. The second-order valence-electron chi connectivity index (χ2n) is 5.54. The summed E-state index contributed by atoms with van der Waals surface area (Å²) in [5.41, 5.74) is 4.71. The van der Waals surface area contributed by atoms with Gasteiger partial charge in [0.05, 0.1) is 5.56 Å². The maximum absolute atomic E-state index is 13.1. The molecule has 0 aliphatic carbocycles. The molecule has 0 atom stereocenters. The number of hydrogen-bond acceptors (Lipinski definition) is 2. The monoisotopic (exact) mass is 269 g/mol. The summed E-state index contributed by atoms with van der Waals surface area (Å²) in [5.74, 6) is -0.461. The topological polar surface area (TPSA) is 62.2 Å². The van der Waals surface area contributed by atoms with Gasteiger partial charge in [-0.2, -0.15) is 13.2 Å². The molecule has 0 saturated heterocycles. The number of rotatable bonds is 0. The van der Waals surface area contributed by atoms with E-state index in [1.807, 2.05) is 20.8 Å². The summed E-state index contributed by atoms with van der Waals surface area (Å²) in [7, 11) is 0. The molecule has 102 valence electrons. The molecule has 0 fully saturated rings. The molecule has 0 amide bonds. The number of fused-ring (bicyclic) bond motifs is 1. The molecule has 1 heterocycles. The molecule has 6 heteroatoms. The van der Waals surface area contributed by atoms with Crippen LogP contribution in [0.3, 0.4) is 0 Å². The van der Waals surface area contributed by atoms with Crippen molar-refractivity contribution in [2.75, 3.05) is 0 Å². The Balaban J connectivity index is 2.79. The minimum Gasteiger partial charge on any atom is -0.383 e. The lowest BCUT2D eigenvalue weighted by atomic mass is 9.83. The van der Waals surface area contributed by atoms with Gasteiger partial charge in [-0.15, -0.1) is 0 Å². The lowest BCUT2D eigenvalue weighted by Crippen LogP contribution is -2.21. The van der Waals surface area contributed by atoms with Crippen LogP contribution in [-0.2, 0) is 11.6 Å². The quantitative estimate of drug-likeness (QED) is 0.747. The first-order chi connectivity index (χ1) is 8.51. The van der Waals surface area contributed by atoms with Crippen molar-refractivity contribution in [3.05, 3.63) is 34.4 Å². The number of amidine groups is 2. The largest absolute Gasteiger partial charge is 0.417 e. The normalized spacial score (nSPS) is 15.5. The average molecular weight is 269 g/mol. The van der Waals surface area contributed by atoms with Crippen LogP contribution in [0, 0.1) is 5.41 Å². The highest BCUT2D eigenvalue weighted by atomic mass is 19.4. The van der Waals surface area contributed by atoms with Crippen molar-refractivity contribution in [1.29, 1.82) is 5.41 Å². The lowest BCUT2D eigenvalue weighted by molar-refractivity contribution is -0.137. The van der Waals surface area contributed by atoms with Crippen LogP contribution in [0.5, 0.6) is 0 Å². The minimum absolute atomic E-state index is 0.150. The van der Waals surface area contributed by atoms with Gasteiger partial charge in [-0.05, 0) is 23.1 Å². The number of nitrogens with zero attached hydrogens (tertiary/aromatic N) is 1. The average Bonchev–Trinajstić information content (AvgIpc) is 2.51. The minimum atomic E-state index is -4.52. The zero-order valence-electron chi connectivity index (χ0n) is 10.8. The highest BCUT2D eigenvalue weighted by molar-refractivity contribution is 6.21. The number of alkyl halides is 3. The number of hydrogen-bond donors (Lipinski definition) is 2. The van der Waals surface area contributed by atoms with Crippen molar-refractivity contribution in [3.8, 4) is 0 Å². The predicted molar refractivity (Wildman–Crippen MR) is 67.7 cm³/mol. The van der Waals surface area contributed by atoms with Crippen LogP contribution in [0.1, 0.15) is 43.0 Å². The highest BCUT2D eigenvalue weighted by Crippen LogP contribution is 2.38.